The minimum atomic E-state index is -0.839. The van der Waals surface area contributed by atoms with Gasteiger partial charge in [0.1, 0.15) is 0 Å². The van der Waals surface area contributed by atoms with Crippen LogP contribution in [0.15, 0.2) is 0 Å². The number of nitrogens with zero attached hydrogens (tertiary/aromatic N) is 1. The predicted molar refractivity (Wildman–Crippen MR) is 34.1 cm³/mol. The second-order valence-electron chi connectivity index (χ2n) is 1.76. The molecule has 0 unspecified atom stereocenters. The summed E-state index contributed by atoms with van der Waals surface area (Å²) in [6.07, 6.45) is 0. The van der Waals surface area contributed by atoms with E-state index >= 15 is 0 Å². The third kappa shape index (κ3) is 1.18. The van der Waals surface area contributed by atoms with Crippen molar-refractivity contribution < 1.29 is 8.78 Å². The van der Waals surface area contributed by atoms with Crippen molar-refractivity contribution in [3.8, 4) is 0 Å². The lowest BCUT2D eigenvalue weighted by Gasteiger charge is -1.93. The van der Waals surface area contributed by atoms with Crippen LogP contribution in [0.2, 0.25) is 0 Å². The van der Waals surface area contributed by atoms with Crippen molar-refractivity contribution in [2.75, 3.05) is 0 Å². The van der Waals surface area contributed by atoms with Crippen molar-refractivity contribution in [3.05, 3.63) is 22.2 Å². The smallest absolute Gasteiger partial charge is 0.248 e. The van der Waals surface area contributed by atoms with Gasteiger partial charge in [0.2, 0.25) is 11.9 Å². The largest absolute Gasteiger partial charge is 0.318 e. The van der Waals surface area contributed by atoms with Gasteiger partial charge in [0.25, 0.3) is 0 Å². The Labute approximate surface area is 60.9 Å². The molecule has 0 saturated carbocycles. The Hall–Kier alpha value is -0.840. The Balaban J connectivity index is 3.43. The molecule has 0 radical (unpaired) electrons. The first kappa shape index (κ1) is 7.27. The van der Waals surface area contributed by atoms with Crippen LogP contribution in [0.25, 0.3) is 0 Å². The van der Waals surface area contributed by atoms with E-state index in [2.05, 4.69) is 17.2 Å². The van der Waals surface area contributed by atoms with E-state index in [-0.39, 0.29) is 10.3 Å². The summed E-state index contributed by atoms with van der Waals surface area (Å²) >= 11 is 4.37. The van der Waals surface area contributed by atoms with Gasteiger partial charge in [-0.1, -0.05) is 12.2 Å². The molecule has 1 rings (SSSR count). The third-order valence-electron chi connectivity index (χ3n) is 0.994. The maximum atomic E-state index is 12.4. The molecule has 0 aromatic carbocycles. The van der Waals surface area contributed by atoms with Gasteiger partial charge >= 0.3 is 0 Å². The summed E-state index contributed by atoms with van der Waals surface area (Å²) in [4.78, 5) is 5.21. The molecule has 10 heavy (non-hydrogen) atoms. The number of H-pyrrole nitrogens is 1. The van der Waals surface area contributed by atoms with Crippen LogP contribution in [-0.2, 0) is 0 Å². The van der Waals surface area contributed by atoms with Gasteiger partial charge in [0.15, 0.2) is 4.64 Å². The van der Waals surface area contributed by atoms with Crippen LogP contribution in [0.5, 0.6) is 0 Å². The van der Waals surface area contributed by atoms with Crippen molar-refractivity contribution in [3.63, 3.8) is 0 Å². The minimum Gasteiger partial charge on any atom is -0.318 e. The molecule has 2 nitrogen and oxygen atoms in total. The van der Waals surface area contributed by atoms with Gasteiger partial charge < -0.3 is 4.98 Å². The Morgan fingerprint density at radius 2 is 2.10 bits per heavy atom. The fraction of sp³-hybridized carbons (Fsp3) is 0.200. The van der Waals surface area contributed by atoms with Crippen LogP contribution in [0, 0.1) is 23.5 Å². The fourth-order valence-electron chi connectivity index (χ4n) is 0.489. The van der Waals surface area contributed by atoms with Gasteiger partial charge in [-0.15, -0.1) is 0 Å². The highest BCUT2D eigenvalue weighted by Gasteiger charge is 2.01. The fourth-order valence-corrected chi connectivity index (χ4v) is 0.624. The summed E-state index contributed by atoms with van der Waals surface area (Å²) in [5, 5.41) is 0. The van der Waals surface area contributed by atoms with Crippen molar-refractivity contribution in [1.82, 2.24) is 9.97 Å². The molecule has 0 aliphatic carbocycles. The Bertz CT molecular complexity index is 307. The lowest BCUT2D eigenvalue weighted by molar-refractivity contribution is 0.512. The topological polar surface area (TPSA) is 28.7 Å². The van der Waals surface area contributed by atoms with Crippen molar-refractivity contribution in [2.24, 2.45) is 0 Å². The highest BCUT2D eigenvalue weighted by atomic mass is 32.1. The molecule has 0 fully saturated rings. The number of aryl methyl sites for hydroxylation is 1. The first-order chi connectivity index (χ1) is 4.61. The van der Waals surface area contributed by atoms with Crippen LogP contribution in [0.1, 0.15) is 5.69 Å². The van der Waals surface area contributed by atoms with E-state index in [0.717, 1.165) is 0 Å². The molecule has 0 aliphatic heterocycles. The predicted octanol–water partition coefficient (Wildman–Crippen LogP) is 1.73. The highest BCUT2D eigenvalue weighted by molar-refractivity contribution is 7.71. The number of hydrogen-bond donors (Lipinski definition) is 1. The zero-order chi connectivity index (χ0) is 7.72. The summed E-state index contributed by atoms with van der Waals surface area (Å²) < 4.78 is 24.5. The van der Waals surface area contributed by atoms with Crippen LogP contribution in [0.4, 0.5) is 8.78 Å². The molecule has 0 bridgehead atoms. The van der Waals surface area contributed by atoms with Crippen LogP contribution in [0.3, 0.4) is 0 Å². The molecule has 0 aliphatic rings. The monoisotopic (exact) mass is 162 g/mol. The maximum Gasteiger partial charge on any atom is 0.248 e. The van der Waals surface area contributed by atoms with E-state index in [1.165, 1.54) is 6.92 Å². The highest BCUT2D eigenvalue weighted by Crippen LogP contribution is 2.00. The maximum absolute atomic E-state index is 12.4. The standard InChI is InChI=1S/C5H4F2N2S/c1-2-3(6)9-5(10)4(7)8-2/h1H3,(H,9,10). The number of nitrogens with one attached hydrogen (secondary N) is 1. The van der Waals surface area contributed by atoms with Gasteiger partial charge in [-0.3, -0.25) is 0 Å². The molecular formula is C5H4F2N2S. The SMILES string of the molecule is Cc1nc(F)c(=S)[nH]c1F. The first-order valence-corrected chi connectivity index (χ1v) is 2.94. The normalized spacial score (nSPS) is 9.90. The Morgan fingerprint density at radius 1 is 1.50 bits per heavy atom. The Morgan fingerprint density at radius 3 is 2.60 bits per heavy atom. The molecule has 54 valence electrons. The average molecular weight is 162 g/mol. The molecule has 0 saturated heterocycles. The molecule has 0 spiro atoms. The molecule has 1 N–H and O–H groups in total. The molecule has 1 aromatic heterocycles. The number of rotatable bonds is 0. The average Bonchev–Trinajstić information content (AvgIpc) is 1.84. The third-order valence-corrected chi connectivity index (χ3v) is 1.26. The summed E-state index contributed by atoms with van der Waals surface area (Å²) in [5.41, 5.74) is -0.0221. The summed E-state index contributed by atoms with van der Waals surface area (Å²) in [6, 6.07) is 0. The number of aromatic nitrogens is 2. The van der Waals surface area contributed by atoms with E-state index in [9.17, 15) is 8.78 Å². The van der Waals surface area contributed by atoms with Crippen molar-refractivity contribution in [2.45, 2.75) is 6.92 Å². The Kier molecular flexibility index (Phi) is 1.76. The zero-order valence-electron chi connectivity index (χ0n) is 5.11. The summed E-state index contributed by atoms with van der Waals surface area (Å²) in [6.45, 7) is 1.35. The van der Waals surface area contributed by atoms with E-state index in [1.807, 2.05) is 4.98 Å². The van der Waals surface area contributed by atoms with Gasteiger partial charge in [0.05, 0.1) is 5.69 Å². The van der Waals surface area contributed by atoms with Gasteiger partial charge in [-0.25, -0.2) is 4.98 Å². The van der Waals surface area contributed by atoms with E-state index in [4.69, 9.17) is 0 Å². The molecule has 1 aromatic rings. The zero-order valence-corrected chi connectivity index (χ0v) is 5.93. The lowest BCUT2D eigenvalue weighted by atomic mass is 10.5. The number of halogens is 2. The first-order valence-electron chi connectivity index (χ1n) is 2.53. The van der Waals surface area contributed by atoms with Crippen LogP contribution in [-0.4, -0.2) is 9.97 Å². The lowest BCUT2D eigenvalue weighted by Crippen LogP contribution is -1.96. The van der Waals surface area contributed by atoms with Crippen LogP contribution >= 0.6 is 12.2 Å². The summed E-state index contributed by atoms with van der Waals surface area (Å²) in [5.74, 6) is -1.53. The summed E-state index contributed by atoms with van der Waals surface area (Å²) in [7, 11) is 0. The minimum absolute atomic E-state index is 0.0221. The molecule has 5 heteroatoms. The molecule has 0 atom stereocenters. The molecule has 1 heterocycles. The van der Waals surface area contributed by atoms with E-state index in [0.29, 0.717) is 0 Å². The van der Waals surface area contributed by atoms with Crippen molar-refractivity contribution in [1.29, 1.82) is 0 Å². The second kappa shape index (κ2) is 2.42. The molecule has 0 amide bonds. The number of aromatic amines is 1. The van der Waals surface area contributed by atoms with Crippen molar-refractivity contribution >= 4 is 12.2 Å². The van der Waals surface area contributed by atoms with Gasteiger partial charge in [0, 0.05) is 0 Å². The van der Waals surface area contributed by atoms with Crippen LogP contribution < -0.4 is 0 Å². The molecular weight excluding hydrogens is 158 g/mol. The van der Waals surface area contributed by atoms with Gasteiger partial charge in [-0.05, 0) is 6.92 Å². The van der Waals surface area contributed by atoms with E-state index < -0.39 is 11.9 Å². The van der Waals surface area contributed by atoms with Gasteiger partial charge in [-0.2, -0.15) is 8.78 Å². The number of hydrogen-bond acceptors (Lipinski definition) is 2. The second-order valence-corrected chi connectivity index (χ2v) is 2.16. The van der Waals surface area contributed by atoms with E-state index in [1.54, 1.807) is 0 Å². The quantitative estimate of drug-likeness (QED) is 0.588.